The van der Waals surface area contributed by atoms with Gasteiger partial charge in [0.15, 0.2) is 0 Å². The maximum Gasteiger partial charge on any atom is 0.352 e. The predicted octanol–water partition coefficient (Wildman–Crippen LogP) is 0.287. The van der Waals surface area contributed by atoms with E-state index in [4.69, 9.17) is 0 Å². The van der Waals surface area contributed by atoms with Gasteiger partial charge in [-0.2, -0.15) is 0 Å². The summed E-state index contributed by atoms with van der Waals surface area (Å²) in [5.41, 5.74) is 0.00275. The van der Waals surface area contributed by atoms with E-state index in [0.717, 1.165) is 4.90 Å². The van der Waals surface area contributed by atoms with Gasteiger partial charge in [0.05, 0.1) is 6.61 Å². The number of fused-ring (bicyclic) bond motifs is 1. The minimum atomic E-state index is -1.31. The Balaban J connectivity index is 1.76. The molecule has 1 aromatic rings. The molecule has 3 atom stereocenters. The van der Waals surface area contributed by atoms with Crippen LogP contribution in [-0.2, 0) is 14.4 Å². The van der Waals surface area contributed by atoms with Gasteiger partial charge in [-0.3, -0.25) is 14.5 Å². The molecule has 2 amide bonds. The maximum absolute atomic E-state index is 12.3. The number of carbonyl (C=O) groups is 3. The lowest BCUT2D eigenvalue weighted by atomic mass is 10.0. The highest BCUT2D eigenvalue weighted by molar-refractivity contribution is 8.00. The molecule has 3 N–H and O–H groups in total. The molecular formula is C14H13N3O6S2. The van der Waals surface area contributed by atoms with Crippen molar-refractivity contribution >= 4 is 40.9 Å². The number of nitrogens with zero attached hydrogens (tertiary/aromatic N) is 2. The molecule has 0 spiro atoms. The van der Waals surface area contributed by atoms with Crippen molar-refractivity contribution in [1.29, 1.82) is 0 Å². The summed E-state index contributed by atoms with van der Waals surface area (Å²) in [7, 11) is 0. The largest absolute Gasteiger partial charge is 0.477 e. The third-order valence-electron chi connectivity index (χ3n) is 3.90. The fraction of sp³-hybridized carbons (Fsp3) is 0.357. The number of carboxylic acids is 1. The zero-order chi connectivity index (χ0) is 18.1. The lowest BCUT2D eigenvalue weighted by Gasteiger charge is -2.49. The van der Waals surface area contributed by atoms with Gasteiger partial charge >= 0.3 is 5.97 Å². The van der Waals surface area contributed by atoms with Crippen LogP contribution in [0.4, 0.5) is 0 Å². The van der Waals surface area contributed by atoms with E-state index in [-0.39, 0.29) is 17.0 Å². The first-order valence-corrected chi connectivity index (χ1v) is 9.09. The number of hydrogen-bond acceptors (Lipinski definition) is 8. The van der Waals surface area contributed by atoms with Crippen LogP contribution >= 0.6 is 23.1 Å². The molecule has 132 valence electrons. The number of rotatable bonds is 6. The number of amides is 2. The van der Waals surface area contributed by atoms with E-state index in [1.54, 1.807) is 17.5 Å². The second-order valence-electron chi connectivity index (χ2n) is 5.33. The molecule has 3 heterocycles. The van der Waals surface area contributed by atoms with Gasteiger partial charge < -0.3 is 15.5 Å². The molecule has 1 unspecified atom stereocenters. The number of thiophene rings is 1. The summed E-state index contributed by atoms with van der Waals surface area (Å²) in [4.78, 5) is 48.5. The summed E-state index contributed by atoms with van der Waals surface area (Å²) in [5, 5.41) is 25.0. The Bertz CT molecular complexity index is 763. The molecule has 2 aliphatic heterocycles. The molecule has 25 heavy (non-hydrogen) atoms. The monoisotopic (exact) mass is 383 g/mol. The minimum absolute atomic E-state index is 0.235. The Kier molecular flexibility index (Phi) is 4.88. The summed E-state index contributed by atoms with van der Waals surface area (Å²) in [6.45, 7) is -0.461. The molecule has 1 aromatic heterocycles. The first-order chi connectivity index (χ1) is 12.0. The van der Waals surface area contributed by atoms with Crippen LogP contribution in [0, 0.1) is 4.91 Å². The van der Waals surface area contributed by atoms with E-state index in [0.29, 0.717) is 4.88 Å². The number of aliphatic hydroxyl groups is 1. The third kappa shape index (κ3) is 2.94. The van der Waals surface area contributed by atoms with Crippen LogP contribution in [0.2, 0.25) is 0 Å². The number of carboxylic acid groups (broad SMARTS) is 1. The third-order valence-corrected chi connectivity index (χ3v) is 6.17. The van der Waals surface area contributed by atoms with E-state index in [2.05, 4.69) is 10.5 Å². The predicted molar refractivity (Wildman–Crippen MR) is 89.6 cm³/mol. The number of β-lactam (4-membered cyclic amide) rings is 1. The van der Waals surface area contributed by atoms with Gasteiger partial charge in [-0.15, -0.1) is 28.0 Å². The topological polar surface area (TPSA) is 136 Å². The van der Waals surface area contributed by atoms with Gasteiger partial charge in [0.1, 0.15) is 17.1 Å². The highest BCUT2D eigenvalue weighted by Crippen LogP contribution is 2.40. The number of thioether (sulfide) groups is 1. The fourth-order valence-electron chi connectivity index (χ4n) is 2.71. The summed E-state index contributed by atoms with van der Waals surface area (Å²) >= 11 is 2.44. The Morgan fingerprint density at radius 2 is 2.24 bits per heavy atom. The lowest BCUT2D eigenvalue weighted by Crippen LogP contribution is -2.70. The van der Waals surface area contributed by atoms with E-state index >= 15 is 0 Å². The lowest BCUT2D eigenvalue weighted by molar-refractivity contribution is -0.151. The Morgan fingerprint density at radius 3 is 2.80 bits per heavy atom. The fourth-order valence-corrected chi connectivity index (χ4v) is 4.80. The normalized spacial score (nSPS) is 23.6. The molecule has 2 aliphatic rings. The summed E-state index contributed by atoms with van der Waals surface area (Å²) < 4.78 is 0. The van der Waals surface area contributed by atoms with Crippen molar-refractivity contribution < 1.29 is 24.6 Å². The molecule has 0 bridgehead atoms. The second kappa shape index (κ2) is 6.94. The number of carbonyl (C=O) groups excluding carboxylic acids is 2. The SMILES string of the molecule is O=NC(C(=O)N[C@@H]1C(=O)N2C(C(=O)O)=C(CO)CS[C@@H]12)c1cccs1. The summed E-state index contributed by atoms with van der Waals surface area (Å²) in [6.07, 6.45) is 0. The summed E-state index contributed by atoms with van der Waals surface area (Å²) in [5.74, 6) is -2.37. The zero-order valence-electron chi connectivity index (χ0n) is 12.6. The molecule has 1 saturated heterocycles. The van der Waals surface area contributed by atoms with Crippen molar-refractivity contribution in [2.45, 2.75) is 17.5 Å². The molecule has 0 radical (unpaired) electrons. The maximum atomic E-state index is 12.3. The van der Waals surface area contributed by atoms with E-state index in [1.807, 2.05) is 0 Å². The smallest absolute Gasteiger partial charge is 0.352 e. The van der Waals surface area contributed by atoms with E-state index < -0.39 is 41.8 Å². The minimum Gasteiger partial charge on any atom is -0.477 e. The van der Waals surface area contributed by atoms with Crippen LogP contribution in [0.3, 0.4) is 0 Å². The number of nitroso groups, excluding NO2 is 1. The quantitative estimate of drug-likeness (QED) is 0.474. The van der Waals surface area contributed by atoms with Crippen LogP contribution < -0.4 is 5.32 Å². The Hall–Kier alpha value is -2.24. The second-order valence-corrected chi connectivity index (χ2v) is 7.42. The van der Waals surface area contributed by atoms with Crippen molar-refractivity contribution in [3.05, 3.63) is 38.6 Å². The Morgan fingerprint density at radius 1 is 1.48 bits per heavy atom. The number of nitrogens with one attached hydrogen (secondary N) is 1. The molecular weight excluding hydrogens is 370 g/mol. The summed E-state index contributed by atoms with van der Waals surface area (Å²) in [6, 6.07) is 1.09. The van der Waals surface area contributed by atoms with Gasteiger partial charge in [-0.1, -0.05) is 11.2 Å². The van der Waals surface area contributed by atoms with Crippen LogP contribution in [0.15, 0.2) is 34.0 Å². The molecule has 0 aliphatic carbocycles. The molecule has 0 aromatic carbocycles. The number of aliphatic carboxylic acids is 1. The average Bonchev–Trinajstić information content (AvgIpc) is 3.12. The zero-order valence-corrected chi connectivity index (χ0v) is 14.2. The molecule has 1 fully saturated rings. The van der Waals surface area contributed by atoms with Gasteiger partial charge in [0, 0.05) is 10.6 Å². The number of hydrogen-bond donors (Lipinski definition) is 3. The Labute approximate surface area is 149 Å². The highest BCUT2D eigenvalue weighted by atomic mass is 32.2. The van der Waals surface area contributed by atoms with Crippen molar-refractivity contribution in [1.82, 2.24) is 10.2 Å². The van der Waals surface area contributed by atoms with Gasteiger partial charge in [-0.25, -0.2) is 4.79 Å². The van der Waals surface area contributed by atoms with E-state index in [1.165, 1.54) is 23.1 Å². The van der Waals surface area contributed by atoms with Crippen LogP contribution in [-0.4, -0.2) is 56.7 Å². The highest BCUT2D eigenvalue weighted by Gasteiger charge is 2.54. The van der Waals surface area contributed by atoms with Crippen molar-refractivity contribution in [3.63, 3.8) is 0 Å². The average molecular weight is 383 g/mol. The van der Waals surface area contributed by atoms with E-state index in [9.17, 15) is 29.5 Å². The first-order valence-electron chi connectivity index (χ1n) is 7.16. The van der Waals surface area contributed by atoms with Crippen molar-refractivity contribution in [3.8, 4) is 0 Å². The molecule has 11 heteroatoms. The molecule has 0 saturated carbocycles. The van der Waals surface area contributed by atoms with Crippen molar-refractivity contribution in [2.24, 2.45) is 5.18 Å². The van der Waals surface area contributed by atoms with Crippen LogP contribution in [0.5, 0.6) is 0 Å². The number of aliphatic hydroxyl groups excluding tert-OH is 1. The first kappa shape index (κ1) is 17.6. The van der Waals surface area contributed by atoms with Crippen LogP contribution in [0.25, 0.3) is 0 Å². The van der Waals surface area contributed by atoms with Gasteiger partial charge in [0.2, 0.25) is 6.04 Å². The van der Waals surface area contributed by atoms with Gasteiger partial charge in [0.25, 0.3) is 11.8 Å². The van der Waals surface area contributed by atoms with Crippen molar-refractivity contribution in [2.75, 3.05) is 12.4 Å². The molecule has 9 nitrogen and oxygen atoms in total. The van der Waals surface area contributed by atoms with Crippen LogP contribution in [0.1, 0.15) is 10.9 Å². The standard InChI is InChI=1S/C14H13N3O6S2/c18-4-6-5-25-13-9(12(20)17(13)10(6)14(21)22)15-11(19)8(16-23)7-2-1-3-24-7/h1-3,8-9,13,18H,4-5H2,(H,15,19)(H,21,22)/t8?,9-,13+/m1/s1. The van der Waals surface area contributed by atoms with Gasteiger partial charge in [-0.05, 0) is 17.0 Å². The molecule has 3 rings (SSSR count).